The molecule has 0 heterocycles. The summed E-state index contributed by atoms with van der Waals surface area (Å²) >= 11 is 0. The Morgan fingerprint density at radius 3 is 2.00 bits per heavy atom. The van der Waals surface area contributed by atoms with Gasteiger partial charge in [-0.15, -0.1) is 0 Å². The fraction of sp³-hybridized carbons (Fsp3) is 1.00. The lowest BCUT2D eigenvalue weighted by Crippen LogP contribution is -2.41. The van der Waals surface area contributed by atoms with Crippen molar-refractivity contribution in [3.63, 3.8) is 0 Å². The van der Waals surface area contributed by atoms with E-state index in [1.54, 1.807) is 0 Å². The van der Waals surface area contributed by atoms with Crippen LogP contribution in [-0.2, 0) is 0 Å². The van der Waals surface area contributed by atoms with Crippen LogP contribution in [0.5, 0.6) is 0 Å². The maximum absolute atomic E-state index is 6.14. The summed E-state index contributed by atoms with van der Waals surface area (Å²) in [6.45, 7) is 9.00. The van der Waals surface area contributed by atoms with Gasteiger partial charge < -0.3 is 5.73 Å². The summed E-state index contributed by atoms with van der Waals surface area (Å²) in [5, 5.41) is 0. The SMILES string of the molecule is CC(C1CC1)C(N)C(C)(C)C. The molecule has 11 heavy (non-hydrogen) atoms. The molecular weight excluding hydrogens is 134 g/mol. The van der Waals surface area contributed by atoms with Crippen molar-refractivity contribution in [2.75, 3.05) is 0 Å². The van der Waals surface area contributed by atoms with E-state index < -0.39 is 0 Å². The standard InChI is InChI=1S/C10H21N/c1-7(8-5-6-8)9(11)10(2,3)4/h7-9H,5-6,11H2,1-4H3. The zero-order valence-electron chi connectivity index (χ0n) is 8.22. The molecule has 1 aliphatic carbocycles. The smallest absolute Gasteiger partial charge is 0.0116 e. The van der Waals surface area contributed by atoms with Crippen molar-refractivity contribution in [2.24, 2.45) is 23.0 Å². The topological polar surface area (TPSA) is 26.0 Å². The fourth-order valence-corrected chi connectivity index (χ4v) is 1.70. The molecule has 1 fully saturated rings. The van der Waals surface area contributed by atoms with Crippen molar-refractivity contribution in [1.29, 1.82) is 0 Å². The van der Waals surface area contributed by atoms with Crippen LogP contribution in [0, 0.1) is 17.3 Å². The highest BCUT2D eigenvalue weighted by molar-refractivity contribution is 4.90. The predicted molar refractivity (Wildman–Crippen MR) is 49.3 cm³/mol. The lowest BCUT2D eigenvalue weighted by Gasteiger charge is -2.32. The van der Waals surface area contributed by atoms with E-state index in [4.69, 9.17) is 5.73 Å². The lowest BCUT2D eigenvalue weighted by molar-refractivity contribution is 0.230. The Hall–Kier alpha value is -0.0400. The van der Waals surface area contributed by atoms with E-state index in [2.05, 4.69) is 27.7 Å². The molecular formula is C10H21N. The zero-order chi connectivity index (χ0) is 8.65. The number of nitrogens with two attached hydrogens (primary N) is 1. The maximum Gasteiger partial charge on any atom is 0.0116 e. The van der Waals surface area contributed by atoms with E-state index in [0.29, 0.717) is 6.04 Å². The van der Waals surface area contributed by atoms with Crippen LogP contribution < -0.4 is 5.73 Å². The maximum atomic E-state index is 6.14. The second kappa shape index (κ2) is 2.78. The highest BCUT2D eigenvalue weighted by atomic mass is 14.7. The summed E-state index contributed by atoms with van der Waals surface area (Å²) in [6.07, 6.45) is 2.82. The Morgan fingerprint density at radius 1 is 1.27 bits per heavy atom. The molecule has 0 spiro atoms. The summed E-state index contributed by atoms with van der Waals surface area (Å²) in [6, 6.07) is 0.370. The molecule has 66 valence electrons. The minimum Gasteiger partial charge on any atom is -0.327 e. The monoisotopic (exact) mass is 155 g/mol. The molecule has 1 aliphatic rings. The van der Waals surface area contributed by atoms with Crippen LogP contribution in [0.2, 0.25) is 0 Å². The van der Waals surface area contributed by atoms with Crippen LogP contribution in [0.3, 0.4) is 0 Å². The molecule has 2 atom stereocenters. The van der Waals surface area contributed by atoms with Crippen molar-refractivity contribution in [1.82, 2.24) is 0 Å². The molecule has 0 saturated heterocycles. The van der Waals surface area contributed by atoms with Crippen molar-refractivity contribution < 1.29 is 0 Å². The third kappa shape index (κ3) is 2.19. The van der Waals surface area contributed by atoms with Crippen molar-refractivity contribution >= 4 is 0 Å². The highest BCUT2D eigenvalue weighted by Crippen LogP contribution is 2.41. The summed E-state index contributed by atoms with van der Waals surface area (Å²) in [7, 11) is 0. The first kappa shape index (κ1) is 9.05. The minimum absolute atomic E-state index is 0.280. The minimum atomic E-state index is 0.280. The Kier molecular flexibility index (Phi) is 2.29. The Morgan fingerprint density at radius 2 is 1.73 bits per heavy atom. The first-order valence-corrected chi connectivity index (χ1v) is 4.68. The zero-order valence-corrected chi connectivity index (χ0v) is 8.22. The molecule has 1 nitrogen and oxygen atoms in total. The average Bonchev–Trinajstić information content (AvgIpc) is 2.63. The summed E-state index contributed by atoms with van der Waals surface area (Å²) in [4.78, 5) is 0. The molecule has 0 aromatic rings. The molecule has 1 saturated carbocycles. The first-order valence-electron chi connectivity index (χ1n) is 4.68. The number of hydrogen-bond acceptors (Lipinski definition) is 1. The average molecular weight is 155 g/mol. The molecule has 1 rings (SSSR count). The molecule has 0 aromatic carbocycles. The molecule has 0 amide bonds. The first-order chi connectivity index (χ1) is 4.93. The highest BCUT2D eigenvalue weighted by Gasteiger charge is 2.36. The van der Waals surface area contributed by atoms with Gasteiger partial charge >= 0.3 is 0 Å². The van der Waals surface area contributed by atoms with Gasteiger partial charge in [-0.2, -0.15) is 0 Å². The third-order valence-electron chi connectivity index (χ3n) is 2.93. The molecule has 0 aromatic heterocycles. The van der Waals surface area contributed by atoms with Gasteiger partial charge in [0.2, 0.25) is 0 Å². The predicted octanol–water partition coefficient (Wildman–Crippen LogP) is 2.41. The van der Waals surface area contributed by atoms with Crippen LogP contribution in [0.1, 0.15) is 40.5 Å². The molecule has 1 heteroatoms. The van der Waals surface area contributed by atoms with Gasteiger partial charge in [0.15, 0.2) is 0 Å². The van der Waals surface area contributed by atoms with Gasteiger partial charge in [0.1, 0.15) is 0 Å². The van der Waals surface area contributed by atoms with E-state index in [0.717, 1.165) is 11.8 Å². The van der Waals surface area contributed by atoms with Gasteiger partial charge in [-0.1, -0.05) is 27.7 Å². The quantitative estimate of drug-likeness (QED) is 0.651. The Bertz CT molecular complexity index is 130. The lowest BCUT2D eigenvalue weighted by atomic mass is 9.78. The van der Waals surface area contributed by atoms with E-state index in [-0.39, 0.29) is 5.41 Å². The van der Waals surface area contributed by atoms with Crippen LogP contribution in [0.15, 0.2) is 0 Å². The number of rotatable bonds is 2. The Balaban J connectivity index is 2.45. The molecule has 0 radical (unpaired) electrons. The van der Waals surface area contributed by atoms with Crippen molar-refractivity contribution in [3.8, 4) is 0 Å². The molecule has 2 N–H and O–H groups in total. The van der Waals surface area contributed by atoms with Crippen LogP contribution >= 0.6 is 0 Å². The van der Waals surface area contributed by atoms with Crippen molar-refractivity contribution in [3.05, 3.63) is 0 Å². The van der Waals surface area contributed by atoms with Gasteiger partial charge in [-0.25, -0.2) is 0 Å². The van der Waals surface area contributed by atoms with Gasteiger partial charge in [0, 0.05) is 6.04 Å². The van der Waals surface area contributed by atoms with E-state index in [9.17, 15) is 0 Å². The van der Waals surface area contributed by atoms with Crippen molar-refractivity contribution in [2.45, 2.75) is 46.6 Å². The second-order valence-electron chi connectivity index (χ2n) is 5.09. The van der Waals surface area contributed by atoms with E-state index in [1.165, 1.54) is 12.8 Å². The number of hydrogen-bond donors (Lipinski definition) is 1. The summed E-state index contributed by atoms with van der Waals surface area (Å²) < 4.78 is 0. The fourth-order valence-electron chi connectivity index (χ4n) is 1.70. The molecule has 2 unspecified atom stereocenters. The third-order valence-corrected chi connectivity index (χ3v) is 2.93. The van der Waals surface area contributed by atoms with Crippen LogP contribution in [0.25, 0.3) is 0 Å². The summed E-state index contributed by atoms with van der Waals surface area (Å²) in [5.74, 6) is 1.65. The van der Waals surface area contributed by atoms with Gasteiger partial charge in [0.25, 0.3) is 0 Å². The molecule has 0 aliphatic heterocycles. The van der Waals surface area contributed by atoms with Gasteiger partial charge in [0.05, 0.1) is 0 Å². The van der Waals surface area contributed by atoms with Crippen LogP contribution in [-0.4, -0.2) is 6.04 Å². The normalized spacial score (nSPS) is 24.8. The summed E-state index contributed by atoms with van der Waals surface area (Å²) in [5.41, 5.74) is 6.41. The van der Waals surface area contributed by atoms with Gasteiger partial charge in [-0.3, -0.25) is 0 Å². The van der Waals surface area contributed by atoms with E-state index >= 15 is 0 Å². The largest absolute Gasteiger partial charge is 0.327 e. The van der Waals surface area contributed by atoms with Crippen LogP contribution in [0.4, 0.5) is 0 Å². The van der Waals surface area contributed by atoms with Gasteiger partial charge in [-0.05, 0) is 30.1 Å². The van der Waals surface area contributed by atoms with E-state index in [1.807, 2.05) is 0 Å². The Labute approximate surface area is 70.4 Å². The molecule has 0 bridgehead atoms. The second-order valence-corrected chi connectivity index (χ2v) is 5.09.